The number of carbonyl (C=O) groups is 1. The third kappa shape index (κ3) is 5.24. The lowest BCUT2D eigenvalue weighted by Gasteiger charge is -2.44. The van der Waals surface area contributed by atoms with Gasteiger partial charge in [0.2, 0.25) is 5.91 Å². The number of hydrogen-bond donors (Lipinski definition) is 1. The van der Waals surface area contributed by atoms with Crippen LogP contribution < -0.4 is 5.32 Å². The van der Waals surface area contributed by atoms with Crippen molar-refractivity contribution in [2.75, 3.05) is 33.4 Å². The Kier molecular flexibility index (Phi) is 6.69. The molecule has 2 heterocycles. The number of ether oxygens (including phenoxy) is 1. The first kappa shape index (κ1) is 17.7. The number of nitrogens with zero attached hydrogens (tertiary/aromatic N) is 1. The van der Waals surface area contributed by atoms with E-state index in [1.807, 2.05) is 0 Å². The van der Waals surface area contributed by atoms with E-state index in [-0.39, 0.29) is 11.3 Å². The van der Waals surface area contributed by atoms with E-state index in [1.165, 1.54) is 45.2 Å². The number of methoxy groups -OCH3 is 1. The molecule has 2 saturated heterocycles. The Hall–Kier alpha value is -0.610. The third-order valence-electron chi connectivity index (χ3n) is 5.27. The summed E-state index contributed by atoms with van der Waals surface area (Å²) < 4.78 is 5.20. The van der Waals surface area contributed by atoms with Crippen molar-refractivity contribution in [3.05, 3.63) is 0 Å². The van der Waals surface area contributed by atoms with Gasteiger partial charge in [0.25, 0.3) is 0 Å². The summed E-state index contributed by atoms with van der Waals surface area (Å²) in [7, 11) is 1.71. The monoisotopic (exact) mass is 310 g/mol. The number of fused-ring (bicyclic) bond motifs is 1. The van der Waals surface area contributed by atoms with Crippen LogP contribution in [-0.2, 0) is 9.53 Å². The van der Waals surface area contributed by atoms with Gasteiger partial charge in [0.1, 0.15) is 0 Å². The molecule has 2 aliphatic heterocycles. The van der Waals surface area contributed by atoms with Crippen LogP contribution in [-0.4, -0.2) is 50.2 Å². The van der Waals surface area contributed by atoms with Crippen LogP contribution in [0.2, 0.25) is 0 Å². The van der Waals surface area contributed by atoms with Crippen molar-refractivity contribution in [2.45, 2.75) is 64.8 Å². The van der Waals surface area contributed by atoms with Crippen LogP contribution in [0.3, 0.4) is 0 Å². The topological polar surface area (TPSA) is 41.6 Å². The van der Waals surface area contributed by atoms with Crippen LogP contribution in [0.1, 0.15) is 58.8 Å². The fraction of sp³-hybridized carbons (Fsp3) is 0.944. The summed E-state index contributed by atoms with van der Waals surface area (Å²) in [5.41, 5.74) is 0.00934. The second-order valence-corrected chi connectivity index (χ2v) is 7.91. The van der Waals surface area contributed by atoms with Gasteiger partial charge in [-0.15, -0.1) is 0 Å². The number of nitrogens with one attached hydrogen (secondary N) is 1. The Morgan fingerprint density at radius 1 is 1.23 bits per heavy atom. The highest BCUT2D eigenvalue weighted by Crippen LogP contribution is 2.33. The highest BCUT2D eigenvalue weighted by Gasteiger charge is 2.32. The van der Waals surface area contributed by atoms with Crippen LogP contribution in [0.25, 0.3) is 0 Å². The smallest absolute Gasteiger partial charge is 0.220 e. The summed E-state index contributed by atoms with van der Waals surface area (Å²) in [6.07, 6.45) is 8.42. The SMILES string of the molecule is COCC(C)(C)CNC(=O)CC[C@@H]1CCCN2CCCC[C@H]12. The standard InChI is InChI=1S/C18H34N2O2/c1-18(2,14-22-3)13-19-17(21)10-9-15-7-6-12-20-11-5-4-8-16(15)20/h15-16H,4-14H2,1-3H3,(H,19,21)/t15-,16+/m0/s1. The summed E-state index contributed by atoms with van der Waals surface area (Å²) in [6, 6.07) is 0.750. The number of carbonyl (C=O) groups excluding carboxylic acids is 1. The van der Waals surface area contributed by atoms with E-state index in [4.69, 9.17) is 4.74 Å². The van der Waals surface area contributed by atoms with E-state index < -0.39 is 0 Å². The Morgan fingerprint density at radius 2 is 2.00 bits per heavy atom. The van der Waals surface area contributed by atoms with Crippen molar-refractivity contribution >= 4 is 5.91 Å². The average molecular weight is 310 g/mol. The number of hydrogen-bond acceptors (Lipinski definition) is 3. The van der Waals surface area contributed by atoms with Gasteiger partial charge in [0, 0.05) is 31.5 Å². The highest BCUT2D eigenvalue weighted by atomic mass is 16.5. The van der Waals surface area contributed by atoms with Gasteiger partial charge >= 0.3 is 0 Å². The van der Waals surface area contributed by atoms with Gasteiger partial charge in [-0.05, 0) is 51.1 Å². The van der Waals surface area contributed by atoms with E-state index >= 15 is 0 Å². The summed E-state index contributed by atoms with van der Waals surface area (Å²) >= 11 is 0. The van der Waals surface area contributed by atoms with E-state index in [0.717, 1.165) is 18.4 Å². The lowest BCUT2D eigenvalue weighted by Crippen LogP contribution is -2.48. The Balaban J connectivity index is 1.71. The summed E-state index contributed by atoms with van der Waals surface area (Å²) in [5, 5.41) is 3.09. The second kappa shape index (κ2) is 8.30. The number of piperidine rings is 2. The third-order valence-corrected chi connectivity index (χ3v) is 5.27. The summed E-state index contributed by atoms with van der Waals surface area (Å²) in [6.45, 7) is 8.17. The molecule has 0 aromatic heterocycles. The number of rotatable bonds is 7. The predicted molar refractivity (Wildman–Crippen MR) is 89.8 cm³/mol. The average Bonchev–Trinajstić information content (AvgIpc) is 2.51. The van der Waals surface area contributed by atoms with Crippen LogP contribution in [0, 0.1) is 11.3 Å². The zero-order chi connectivity index (χ0) is 16.0. The molecular weight excluding hydrogens is 276 g/mol. The molecule has 4 heteroatoms. The normalized spacial score (nSPS) is 26.5. The van der Waals surface area contributed by atoms with Crippen LogP contribution in [0.5, 0.6) is 0 Å². The molecule has 0 aromatic rings. The maximum Gasteiger partial charge on any atom is 0.220 e. The molecule has 2 rings (SSSR count). The fourth-order valence-electron chi connectivity index (χ4n) is 4.10. The molecule has 0 bridgehead atoms. The Labute approximate surface area is 136 Å². The zero-order valence-corrected chi connectivity index (χ0v) is 14.7. The van der Waals surface area contributed by atoms with Crippen molar-refractivity contribution in [3.63, 3.8) is 0 Å². The lowest BCUT2D eigenvalue weighted by atomic mass is 9.81. The molecule has 22 heavy (non-hydrogen) atoms. The Morgan fingerprint density at radius 3 is 2.77 bits per heavy atom. The molecule has 2 atom stereocenters. The molecule has 1 amide bonds. The van der Waals surface area contributed by atoms with Gasteiger partial charge in [0.05, 0.1) is 6.61 Å². The molecular formula is C18H34N2O2. The quantitative estimate of drug-likeness (QED) is 0.786. The van der Waals surface area contributed by atoms with E-state index in [9.17, 15) is 4.79 Å². The van der Waals surface area contributed by atoms with Gasteiger partial charge < -0.3 is 15.0 Å². The molecule has 1 N–H and O–H groups in total. The number of amides is 1. The van der Waals surface area contributed by atoms with Gasteiger partial charge in [-0.3, -0.25) is 4.79 Å². The minimum absolute atomic E-state index is 0.00934. The van der Waals surface area contributed by atoms with Gasteiger partial charge in [-0.2, -0.15) is 0 Å². The van der Waals surface area contributed by atoms with E-state index in [0.29, 0.717) is 19.6 Å². The Bertz CT molecular complexity index is 355. The van der Waals surface area contributed by atoms with Crippen LogP contribution in [0.15, 0.2) is 0 Å². The van der Waals surface area contributed by atoms with E-state index in [1.54, 1.807) is 7.11 Å². The lowest BCUT2D eigenvalue weighted by molar-refractivity contribution is -0.122. The minimum atomic E-state index is 0.00934. The van der Waals surface area contributed by atoms with E-state index in [2.05, 4.69) is 24.1 Å². The summed E-state index contributed by atoms with van der Waals surface area (Å²) in [4.78, 5) is 14.8. The molecule has 0 aliphatic carbocycles. The van der Waals surface area contributed by atoms with Gasteiger partial charge in [0.15, 0.2) is 0 Å². The predicted octanol–water partition coefficient (Wildman–Crippen LogP) is 2.82. The van der Waals surface area contributed by atoms with Crippen LogP contribution in [0.4, 0.5) is 0 Å². The maximum atomic E-state index is 12.1. The van der Waals surface area contributed by atoms with Gasteiger partial charge in [-0.1, -0.05) is 20.3 Å². The maximum absolute atomic E-state index is 12.1. The zero-order valence-electron chi connectivity index (χ0n) is 14.7. The molecule has 0 radical (unpaired) electrons. The molecule has 0 saturated carbocycles. The first-order valence-corrected chi connectivity index (χ1v) is 9.01. The molecule has 0 aromatic carbocycles. The first-order chi connectivity index (χ1) is 10.5. The first-order valence-electron chi connectivity index (χ1n) is 9.01. The van der Waals surface area contributed by atoms with Crippen molar-refractivity contribution in [1.82, 2.24) is 10.2 Å². The molecule has 0 unspecified atom stereocenters. The van der Waals surface area contributed by atoms with Crippen molar-refractivity contribution < 1.29 is 9.53 Å². The van der Waals surface area contributed by atoms with Crippen molar-refractivity contribution in [1.29, 1.82) is 0 Å². The fourth-order valence-corrected chi connectivity index (χ4v) is 4.10. The van der Waals surface area contributed by atoms with Crippen LogP contribution >= 0.6 is 0 Å². The van der Waals surface area contributed by atoms with Crippen molar-refractivity contribution in [3.8, 4) is 0 Å². The molecule has 4 nitrogen and oxygen atoms in total. The largest absolute Gasteiger partial charge is 0.384 e. The molecule has 0 spiro atoms. The molecule has 2 fully saturated rings. The summed E-state index contributed by atoms with van der Waals surface area (Å²) in [5.74, 6) is 0.934. The van der Waals surface area contributed by atoms with Crippen molar-refractivity contribution in [2.24, 2.45) is 11.3 Å². The molecule has 128 valence electrons. The highest BCUT2D eigenvalue weighted by molar-refractivity contribution is 5.75. The van der Waals surface area contributed by atoms with Gasteiger partial charge in [-0.25, -0.2) is 0 Å². The minimum Gasteiger partial charge on any atom is -0.384 e. The second-order valence-electron chi connectivity index (χ2n) is 7.91. The molecule has 2 aliphatic rings.